The summed E-state index contributed by atoms with van der Waals surface area (Å²) in [6.07, 6.45) is 4.49. The molecule has 0 radical (unpaired) electrons. The van der Waals surface area contributed by atoms with Gasteiger partial charge in [0, 0.05) is 37.1 Å². The molecule has 2 rings (SSSR count). The Morgan fingerprint density at radius 3 is 2.15 bits per heavy atom. The van der Waals surface area contributed by atoms with E-state index in [1.807, 2.05) is 0 Å². The quantitative estimate of drug-likeness (QED) is 0.638. The molecule has 0 aromatic carbocycles. The maximum atomic E-state index is 12.3. The Kier molecular flexibility index (Phi) is 2.55. The molecule has 0 N–H and O–H groups in total. The molecule has 2 fully saturated rings. The largest absolute Gasteiger partial charge is 0.323 e. The Bertz CT molecular complexity index is 223. The van der Waals surface area contributed by atoms with Crippen LogP contribution in [0.2, 0.25) is 0 Å². The van der Waals surface area contributed by atoms with Gasteiger partial charge < -0.3 is 9.46 Å². The molecule has 0 aromatic rings. The van der Waals surface area contributed by atoms with Gasteiger partial charge in [0.05, 0.1) is 7.14 Å². The van der Waals surface area contributed by atoms with Gasteiger partial charge >= 0.3 is 0 Å². The first kappa shape index (κ1) is 9.73. The van der Waals surface area contributed by atoms with Crippen molar-refractivity contribution in [3.63, 3.8) is 0 Å². The van der Waals surface area contributed by atoms with Gasteiger partial charge in [0.2, 0.25) is 0 Å². The standard InChI is InChI=1S/C10H20NOP/c1-9(2)11-5-7-13(12,8-6-11)10-3-4-10/h9-10H,3-8H2,1-2H3. The third-order valence-electron chi connectivity index (χ3n) is 3.47. The highest BCUT2D eigenvalue weighted by Crippen LogP contribution is 2.61. The average molecular weight is 201 g/mol. The number of hydrogen-bond acceptors (Lipinski definition) is 2. The molecular weight excluding hydrogens is 181 g/mol. The molecule has 1 aliphatic heterocycles. The average Bonchev–Trinajstić information content (AvgIpc) is 2.87. The van der Waals surface area contributed by atoms with E-state index in [1.165, 1.54) is 12.8 Å². The molecule has 0 unspecified atom stereocenters. The molecule has 1 heterocycles. The number of hydrogen-bond donors (Lipinski definition) is 0. The summed E-state index contributed by atoms with van der Waals surface area (Å²) in [5.41, 5.74) is 0.641. The molecule has 2 nitrogen and oxygen atoms in total. The Morgan fingerprint density at radius 1 is 1.23 bits per heavy atom. The van der Waals surface area contributed by atoms with Crippen molar-refractivity contribution in [3.8, 4) is 0 Å². The molecule has 0 aromatic heterocycles. The smallest absolute Gasteiger partial charge is 0.0931 e. The van der Waals surface area contributed by atoms with Crippen molar-refractivity contribution < 1.29 is 4.57 Å². The monoisotopic (exact) mass is 201 g/mol. The maximum absolute atomic E-state index is 12.3. The number of nitrogens with zero attached hydrogens (tertiary/aromatic N) is 1. The summed E-state index contributed by atoms with van der Waals surface area (Å²) in [5.74, 6) is 0. The van der Waals surface area contributed by atoms with E-state index in [2.05, 4.69) is 18.7 Å². The zero-order valence-electron chi connectivity index (χ0n) is 8.70. The minimum atomic E-state index is -1.69. The predicted octanol–water partition coefficient (Wildman–Crippen LogP) is 2.24. The molecule has 0 spiro atoms. The summed E-state index contributed by atoms with van der Waals surface area (Å²) in [5, 5.41) is 0. The van der Waals surface area contributed by atoms with Gasteiger partial charge in [-0.2, -0.15) is 0 Å². The Hall–Kier alpha value is 0.190. The molecule has 13 heavy (non-hydrogen) atoms. The van der Waals surface area contributed by atoms with Gasteiger partial charge in [0.1, 0.15) is 0 Å². The molecule has 76 valence electrons. The van der Waals surface area contributed by atoms with Gasteiger partial charge in [-0.15, -0.1) is 0 Å². The first-order chi connectivity index (χ1) is 6.12. The van der Waals surface area contributed by atoms with E-state index in [1.54, 1.807) is 0 Å². The summed E-state index contributed by atoms with van der Waals surface area (Å²) in [7, 11) is -1.69. The maximum Gasteiger partial charge on any atom is 0.0931 e. The zero-order valence-corrected chi connectivity index (χ0v) is 9.59. The molecule has 0 bridgehead atoms. The normalized spacial score (nSPS) is 29.5. The highest BCUT2D eigenvalue weighted by atomic mass is 31.2. The molecule has 1 saturated carbocycles. The van der Waals surface area contributed by atoms with E-state index >= 15 is 0 Å². The summed E-state index contributed by atoms with van der Waals surface area (Å²) < 4.78 is 12.3. The zero-order chi connectivity index (χ0) is 9.47. The van der Waals surface area contributed by atoms with Crippen LogP contribution >= 0.6 is 7.14 Å². The second kappa shape index (κ2) is 3.40. The second-order valence-electron chi connectivity index (χ2n) is 4.76. The Labute approximate surface area is 81.1 Å². The van der Waals surface area contributed by atoms with Crippen molar-refractivity contribution >= 4 is 7.14 Å². The van der Waals surface area contributed by atoms with Crippen LogP contribution in [0.5, 0.6) is 0 Å². The first-order valence-corrected chi connectivity index (χ1v) is 7.58. The topological polar surface area (TPSA) is 20.3 Å². The van der Waals surface area contributed by atoms with Crippen LogP contribution in [0.15, 0.2) is 0 Å². The van der Waals surface area contributed by atoms with Crippen LogP contribution in [0.3, 0.4) is 0 Å². The number of rotatable bonds is 2. The lowest BCUT2D eigenvalue weighted by Crippen LogP contribution is -2.40. The van der Waals surface area contributed by atoms with Crippen LogP contribution in [-0.4, -0.2) is 42.0 Å². The van der Waals surface area contributed by atoms with Gasteiger partial charge in [-0.25, -0.2) is 0 Å². The highest BCUT2D eigenvalue weighted by molar-refractivity contribution is 7.65. The molecule has 1 aliphatic carbocycles. The molecule has 0 amide bonds. The van der Waals surface area contributed by atoms with Crippen molar-refractivity contribution in [1.82, 2.24) is 4.90 Å². The summed E-state index contributed by atoms with van der Waals surface area (Å²) >= 11 is 0. The Morgan fingerprint density at radius 2 is 1.77 bits per heavy atom. The lowest BCUT2D eigenvalue weighted by Gasteiger charge is -2.34. The van der Waals surface area contributed by atoms with E-state index in [-0.39, 0.29) is 0 Å². The van der Waals surface area contributed by atoms with Crippen LogP contribution < -0.4 is 0 Å². The van der Waals surface area contributed by atoms with Crippen molar-refractivity contribution in [2.75, 3.05) is 25.4 Å². The van der Waals surface area contributed by atoms with Gasteiger partial charge in [-0.3, -0.25) is 0 Å². The molecule has 0 atom stereocenters. The fourth-order valence-corrected chi connectivity index (χ4v) is 5.48. The lowest BCUT2D eigenvalue weighted by atomic mass is 10.3. The summed E-state index contributed by atoms with van der Waals surface area (Å²) in [6, 6.07) is 0.632. The third-order valence-corrected chi connectivity index (χ3v) is 7.24. The predicted molar refractivity (Wildman–Crippen MR) is 57.1 cm³/mol. The van der Waals surface area contributed by atoms with Crippen LogP contribution in [0, 0.1) is 0 Å². The van der Waals surface area contributed by atoms with Crippen LogP contribution in [-0.2, 0) is 4.57 Å². The van der Waals surface area contributed by atoms with Crippen LogP contribution in [0.4, 0.5) is 0 Å². The molecule has 2 aliphatic rings. The molecular formula is C10H20NOP. The first-order valence-electron chi connectivity index (χ1n) is 5.44. The highest BCUT2D eigenvalue weighted by Gasteiger charge is 2.42. The fraction of sp³-hybridized carbons (Fsp3) is 1.00. The minimum Gasteiger partial charge on any atom is -0.323 e. The van der Waals surface area contributed by atoms with E-state index in [4.69, 9.17) is 0 Å². The second-order valence-corrected chi connectivity index (χ2v) is 8.29. The van der Waals surface area contributed by atoms with Crippen LogP contribution in [0.25, 0.3) is 0 Å². The lowest BCUT2D eigenvalue weighted by molar-refractivity contribution is 0.240. The summed E-state index contributed by atoms with van der Waals surface area (Å²) in [6.45, 7) is 6.61. The summed E-state index contributed by atoms with van der Waals surface area (Å²) in [4.78, 5) is 2.46. The van der Waals surface area contributed by atoms with E-state index in [9.17, 15) is 4.57 Å². The van der Waals surface area contributed by atoms with Crippen molar-refractivity contribution in [3.05, 3.63) is 0 Å². The molecule has 3 heteroatoms. The van der Waals surface area contributed by atoms with E-state index in [0.29, 0.717) is 11.7 Å². The van der Waals surface area contributed by atoms with Crippen molar-refractivity contribution in [2.24, 2.45) is 0 Å². The van der Waals surface area contributed by atoms with Gasteiger partial charge in [0.25, 0.3) is 0 Å². The third kappa shape index (κ3) is 1.99. The Balaban J connectivity index is 1.91. The van der Waals surface area contributed by atoms with E-state index in [0.717, 1.165) is 25.4 Å². The van der Waals surface area contributed by atoms with Crippen molar-refractivity contribution in [2.45, 2.75) is 38.4 Å². The van der Waals surface area contributed by atoms with Gasteiger partial charge in [-0.05, 0) is 26.7 Å². The fourth-order valence-electron chi connectivity index (χ4n) is 2.25. The van der Waals surface area contributed by atoms with E-state index < -0.39 is 7.14 Å². The van der Waals surface area contributed by atoms with Gasteiger partial charge in [0.15, 0.2) is 0 Å². The SMILES string of the molecule is CC(C)N1CCP(=O)(C2CC2)CC1. The van der Waals surface area contributed by atoms with Crippen LogP contribution in [0.1, 0.15) is 26.7 Å². The van der Waals surface area contributed by atoms with Gasteiger partial charge in [-0.1, -0.05) is 0 Å². The van der Waals surface area contributed by atoms with Crippen molar-refractivity contribution in [1.29, 1.82) is 0 Å². The minimum absolute atomic E-state index is 0.632. The molecule has 1 saturated heterocycles.